The summed E-state index contributed by atoms with van der Waals surface area (Å²) in [7, 11) is 3.49. The highest BCUT2D eigenvalue weighted by molar-refractivity contribution is 5.84. The van der Waals surface area contributed by atoms with Gasteiger partial charge in [0.15, 0.2) is 5.96 Å². The van der Waals surface area contributed by atoms with Crippen LogP contribution < -0.4 is 10.6 Å². The summed E-state index contributed by atoms with van der Waals surface area (Å²) < 4.78 is 5.39. The van der Waals surface area contributed by atoms with Crippen LogP contribution in [-0.2, 0) is 9.53 Å². The molecular formula is C21H35N5O2. The fraction of sp³-hybridized carbons (Fsp3) is 0.619. The van der Waals surface area contributed by atoms with Crippen molar-refractivity contribution in [2.24, 2.45) is 4.99 Å². The number of aliphatic imine (C=N–C) groups is 1. The number of amides is 1. The van der Waals surface area contributed by atoms with Crippen LogP contribution in [-0.4, -0.2) is 88.2 Å². The second-order valence-electron chi connectivity index (χ2n) is 7.53. The van der Waals surface area contributed by atoms with Gasteiger partial charge in [-0.3, -0.25) is 9.69 Å². The van der Waals surface area contributed by atoms with Gasteiger partial charge in [0.1, 0.15) is 6.54 Å². The molecule has 0 spiro atoms. The van der Waals surface area contributed by atoms with Crippen LogP contribution in [0.3, 0.4) is 0 Å². The van der Waals surface area contributed by atoms with Crippen LogP contribution >= 0.6 is 0 Å². The molecule has 1 aromatic rings. The third-order valence-corrected chi connectivity index (χ3v) is 4.92. The van der Waals surface area contributed by atoms with Gasteiger partial charge in [-0.2, -0.15) is 0 Å². The molecule has 1 unspecified atom stereocenters. The molecule has 1 aliphatic heterocycles. The number of morpholine rings is 1. The first kappa shape index (κ1) is 22.2. The summed E-state index contributed by atoms with van der Waals surface area (Å²) in [6.07, 6.45) is 0. The standard InChI is InChI=1S/C21H35N5O2/c1-17-5-7-19(8-6-17)18(2)15-23-21(24-16-20(27)25(3)4)22-9-10-26-11-13-28-14-12-26/h5-8,18H,9-16H2,1-4H3,(H2,22,23,24). The molecule has 0 aliphatic carbocycles. The maximum atomic E-state index is 11.9. The molecule has 1 atom stereocenters. The first-order chi connectivity index (χ1) is 13.5. The Morgan fingerprint density at radius 2 is 1.89 bits per heavy atom. The van der Waals surface area contributed by atoms with Crippen LogP contribution in [0.2, 0.25) is 0 Å². The average molecular weight is 390 g/mol. The van der Waals surface area contributed by atoms with Crippen molar-refractivity contribution in [1.29, 1.82) is 0 Å². The first-order valence-corrected chi connectivity index (χ1v) is 10.0. The van der Waals surface area contributed by atoms with Gasteiger partial charge in [0.05, 0.1) is 13.2 Å². The molecule has 2 rings (SSSR count). The number of benzene rings is 1. The molecule has 1 saturated heterocycles. The number of nitrogens with one attached hydrogen (secondary N) is 2. The van der Waals surface area contributed by atoms with E-state index >= 15 is 0 Å². The van der Waals surface area contributed by atoms with Gasteiger partial charge in [-0.05, 0) is 18.4 Å². The smallest absolute Gasteiger partial charge is 0.243 e. The summed E-state index contributed by atoms with van der Waals surface area (Å²) in [5.41, 5.74) is 2.55. The van der Waals surface area contributed by atoms with Crippen molar-refractivity contribution in [1.82, 2.24) is 20.4 Å². The van der Waals surface area contributed by atoms with Gasteiger partial charge in [-0.15, -0.1) is 0 Å². The second-order valence-corrected chi connectivity index (χ2v) is 7.53. The van der Waals surface area contributed by atoms with Gasteiger partial charge in [0.25, 0.3) is 0 Å². The van der Waals surface area contributed by atoms with E-state index in [-0.39, 0.29) is 12.5 Å². The topological polar surface area (TPSA) is 69.2 Å². The van der Waals surface area contributed by atoms with E-state index in [0.717, 1.165) is 45.9 Å². The molecule has 1 heterocycles. The fourth-order valence-corrected chi connectivity index (χ4v) is 2.88. The monoisotopic (exact) mass is 389 g/mol. The Labute approximate surface area is 169 Å². The van der Waals surface area contributed by atoms with Gasteiger partial charge in [0, 0.05) is 46.8 Å². The third-order valence-electron chi connectivity index (χ3n) is 4.92. The molecule has 1 amide bonds. The minimum atomic E-state index is -0.0131. The quantitative estimate of drug-likeness (QED) is 0.514. The molecule has 1 aliphatic rings. The van der Waals surface area contributed by atoms with Crippen molar-refractivity contribution in [2.75, 3.05) is 66.6 Å². The summed E-state index contributed by atoms with van der Waals surface area (Å²) in [4.78, 5) is 20.3. The Balaban J connectivity index is 1.87. The number of rotatable bonds is 8. The number of guanidine groups is 1. The Morgan fingerprint density at radius 1 is 1.21 bits per heavy atom. The van der Waals surface area contributed by atoms with E-state index in [2.05, 4.69) is 58.6 Å². The van der Waals surface area contributed by atoms with Crippen LogP contribution in [0.5, 0.6) is 0 Å². The number of aryl methyl sites for hydroxylation is 1. The maximum Gasteiger partial charge on any atom is 0.243 e. The van der Waals surface area contributed by atoms with Crippen molar-refractivity contribution in [3.05, 3.63) is 35.4 Å². The lowest BCUT2D eigenvalue weighted by Crippen LogP contribution is -2.45. The normalized spacial score (nSPS) is 16.5. The largest absolute Gasteiger partial charge is 0.379 e. The lowest BCUT2D eigenvalue weighted by molar-refractivity contribution is -0.127. The molecule has 7 heteroatoms. The zero-order chi connectivity index (χ0) is 20.4. The molecule has 1 aromatic carbocycles. The van der Waals surface area contributed by atoms with E-state index in [1.54, 1.807) is 19.0 Å². The molecule has 1 fully saturated rings. The van der Waals surface area contributed by atoms with E-state index in [1.165, 1.54) is 11.1 Å². The minimum Gasteiger partial charge on any atom is -0.379 e. The Bertz CT molecular complexity index is 624. The Morgan fingerprint density at radius 3 is 2.54 bits per heavy atom. The number of hydrogen-bond acceptors (Lipinski definition) is 4. The second kappa shape index (κ2) is 11.7. The van der Waals surface area contributed by atoms with Gasteiger partial charge in [-0.25, -0.2) is 4.99 Å². The highest BCUT2D eigenvalue weighted by Crippen LogP contribution is 2.14. The van der Waals surface area contributed by atoms with Crippen LogP contribution in [0.15, 0.2) is 29.3 Å². The number of hydrogen-bond donors (Lipinski definition) is 2. The van der Waals surface area contributed by atoms with E-state index in [1.807, 2.05) is 0 Å². The molecule has 0 aromatic heterocycles. The van der Waals surface area contributed by atoms with Gasteiger partial charge in [-0.1, -0.05) is 36.8 Å². The van der Waals surface area contributed by atoms with Crippen LogP contribution in [0.25, 0.3) is 0 Å². The Hall–Kier alpha value is -2.12. The predicted molar refractivity (Wildman–Crippen MR) is 114 cm³/mol. The van der Waals surface area contributed by atoms with Crippen molar-refractivity contribution in [2.45, 2.75) is 19.8 Å². The molecule has 0 radical (unpaired) electrons. The third kappa shape index (κ3) is 7.86. The van der Waals surface area contributed by atoms with Crippen LogP contribution in [0.1, 0.15) is 24.0 Å². The SMILES string of the molecule is Cc1ccc(C(C)CNC(=NCC(=O)N(C)C)NCCN2CCOCC2)cc1. The van der Waals surface area contributed by atoms with Gasteiger partial charge < -0.3 is 20.3 Å². The predicted octanol–water partition coefficient (Wildman–Crippen LogP) is 1.05. The number of likely N-dealkylation sites (N-methyl/N-ethyl adjacent to an activating group) is 1. The highest BCUT2D eigenvalue weighted by Gasteiger charge is 2.11. The van der Waals surface area contributed by atoms with Crippen molar-refractivity contribution in [3.63, 3.8) is 0 Å². The van der Waals surface area contributed by atoms with Crippen LogP contribution in [0, 0.1) is 6.92 Å². The molecule has 2 N–H and O–H groups in total. The summed E-state index contributed by atoms with van der Waals surface area (Å²) in [6.45, 7) is 10.4. The van der Waals surface area contributed by atoms with E-state index in [0.29, 0.717) is 11.9 Å². The molecule has 0 saturated carbocycles. The molecule has 0 bridgehead atoms. The summed E-state index contributed by atoms with van der Waals surface area (Å²) >= 11 is 0. The van der Waals surface area contributed by atoms with E-state index < -0.39 is 0 Å². The van der Waals surface area contributed by atoms with Gasteiger partial charge >= 0.3 is 0 Å². The molecule has 28 heavy (non-hydrogen) atoms. The first-order valence-electron chi connectivity index (χ1n) is 10.0. The van der Waals surface area contributed by atoms with Crippen molar-refractivity contribution < 1.29 is 9.53 Å². The number of carbonyl (C=O) groups is 1. The average Bonchev–Trinajstić information content (AvgIpc) is 2.70. The highest BCUT2D eigenvalue weighted by atomic mass is 16.5. The number of carbonyl (C=O) groups excluding carboxylic acids is 1. The fourth-order valence-electron chi connectivity index (χ4n) is 2.88. The zero-order valence-corrected chi connectivity index (χ0v) is 17.7. The minimum absolute atomic E-state index is 0.0131. The number of ether oxygens (including phenoxy) is 1. The van der Waals surface area contributed by atoms with E-state index in [9.17, 15) is 4.79 Å². The zero-order valence-electron chi connectivity index (χ0n) is 17.7. The lowest BCUT2D eigenvalue weighted by atomic mass is 10.0. The lowest BCUT2D eigenvalue weighted by Gasteiger charge is -2.27. The Kier molecular flexibility index (Phi) is 9.23. The van der Waals surface area contributed by atoms with Crippen molar-refractivity contribution in [3.8, 4) is 0 Å². The maximum absolute atomic E-state index is 11.9. The van der Waals surface area contributed by atoms with E-state index in [4.69, 9.17) is 4.74 Å². The van der Waals surface area contributed by atoms with Crippen molar-refractivity contribution >= 4 is 11.9 Å². The molecule has 156 valence electrons. The van der Waals surface area contributed by atoms with Crippen LogP contribution in [0.4, 0.5) is 0 Å². The summed E-state index contributed by atoms with van der Waals surface area (Å²) in [5, 5.41) is 6.75. The summed E-state index contributed by atoms with van der Waals surface area (Å²) in [5.74, 6) is 1.01. The molecule has 7 nitrogen and oxygen atoms in total. The molecular weight excluding hydrogens is 354 g/mol. The summed E-state index contributed by atoms with van der Waals surface area (Å²) in [6, 6.07) is 8.61. The number of nitrogens with zero attached hydrogens (tertiary/aromatic N) is 3. The van der Waals surface area contributed by atoms with Gasteiger partial charge in [0.2, 0.25) is 5.91 Å².